The minimum Gasteiger partial charge on any atom is -0.325 e. The Kier molecular flexibility index (Phi) is 5.29. The Balaban J connectivity index is 1.71. The summed E-state index contributed by atoms with van der Waals surface area (Å²) in [5.74, 6) is -0.247. The van der Waals surface area contributed by atoms with Crippen LogP contribution in [-0.2, 0) is 22.8 Å². The van der Waals surface area contributed by atoms with Gasteiger partial charge in [0.05, 0.1) is 11.0 Å². The molecule has 2 aromatic carbocycles. The lowest BCUT2D eigenvalue weighted by Gasteiger charge is -2.18. The van der Waals surface area contributed by atoms with Gasteiger partial charge in [0.15, 0.2) is 0 Å². The SMILES string of the molecule is CN(C)CCc1ccc(NC(=O)C2(c3cccc(C(F)(F)F)c3)CC2)cc1. The maximum absolute atomic E-state index is 13.0. The summed E-state index contributed by atoms with van der Waals surface area (Å²) in [7, 11) is 4.02. The average Bonchev–Trinajstić information content (AvgIpc) is 3.42. The van der Waals surface area contributed by atoms with Gasteiger partial charge in [-0.1, -0.05) is 30.3 Å². The highest BCUT2D eigenvalue weighted by Crippen LogP contribution is 2.49. The largest absolute Gasteiger partial charge is 0.416 e. The number of likely N-dealkylation sites (N-methyl/N-ethyl adjacent to an activating group) is 1. The standard InChI is InChI=1S/C21H23F3N2O/c1-26(2)13-10-15-6-8-18(9-7-15)25-19(27)20(11-12-20)16-4-3-5-17(14-16)21(22,23)24/h3-9,14H,10-13H2,1-2H3,(H,25,27). The summed E-state index contributed by atoms with van der Waals surface area (Å²) in [4.78, 5) is 14.9. The third-order valence-corrected chi connectivity index (χ3v) is 4.99. The number of carbonyl (C=O) groups excluding carboxylic acids is 1. The van der Waals surface area contributed by atoms with Crippen LogP contribution < -0.4 is 5.32 Å². The van der Waals surface area contributed by atoms with Crippen molar-refractivity contribution < 1.29 is 18.0 Å². The maximum atomic E-state index is 13.0. The lowest BCUT2D eigenvalue weighted by molar-refractivity contribution is -0.137. The van der Waals surface area contributed by atoms with Crippen molar-refractivity contribution >= 4 is 11.6 Å². The van der Waals surface area contributed by atoms with Crippen LogP contribution in [0.3, 0.4) is 0 Å². The van der Waals surface area contributed by atoms with Crippen molar-refractivity contribution in [2.45, 2.75) is 30.9 Å². The fourth-order valence-corrected chi connectivity index (χ4v) is 3.12. The van der Waals surface area contributed by atoms with Gasteiger partial charge >= 0.3 is 6.18 Å². The summed E-state index contributed by atoms with van der Waals surface area (Å²) in [6.45, 7) is 0.935. The zero-order chi connectivity index (χ0) is 19.7. The van der Waals surface area contributed by atoms with E-state index in [1.165, 1.54) is 11.6 Å². The van der Waals surface area contributed by atoms with Crippen LogP contribution in [0.4, 0.5) is 18.9 Å². The average molecular weight is 376 g/mol. The van der Waals surface area contributed by atoms with E-state index in [1.54, 1.807) is 6.07 Å². The molecule has 0 radical (unpaired) electrons. The molecular weight excluding hydrogens is 353 g/mol. The van der Waals surface area contributed by atoms with Crippen molar-refractivity contribution in [2.24, 2.45) is 0 Å². The van der Waals surface area contributed by atoms with Crippen LogP contribution in [-0.4, -0.2) is 31.4 Å². The Labute approximate surface area is 157 Å². The van der Waals surface area contributed by atoms with Crippen molar-refractivity contribution in [1.82, 2.24) is 4.90 Å². The van der Waals surface area contributed by atoms with E-state index in [2.05, 4.69) is 10.2 Å². The van der Waals surface area contributed by atoms with Gasteiger partial charge in [-0.3, -0.25) is 4.79 Å². The monoisotopic (exact) mass is 376 g/mol. The van der Waals surface area contributed by atoms with Crippen molar-refractivity contribution in [3.63, 3.8) is 0 Å². The first kappa shape index (κ1) is 19.4. The number of hydrogen-bond donors (Lipinski definition) is 1. The van der Waals surface area contributed by atoms with Gasteiger partial charge in [-0.25, -0.2) is 0 Å². The Morgan fingerprint density at radius 3 is 2.33 bits per heavy atom. The number of halogens is 3. The molecule has 144 valence electrons. The third-order valence-electron chi connectivity index (χ3n) is 4.99. The number of anilines is 1. The minimum atomic E-state index is -4.41. The molecule has 1 amide bonds. The number of nitrogens with one attached hydrogen (secondary N) is 1. The molecule has 0 bridgehead atoms. The van der Waals surface area contributed by atoms with Gasteiger partial charge in [0.25, 0.3) is 0 Å². The molecule has 6 heteroatoms. The predicted octanol–water partition coefficient (Wildman–Crippen LogP) is 4.48. The van der Waals surface area contributed by atoms with Gasteiger partial charge in [-0.2, -0.15) is 13.2 Å². The van der Waals surface area contributed by atoms with Gasteiger partial charge in [0.1, 0.15) is 0 Å². The normalized spacial score (nSPS) is 15.6. The van der Waals surface area contributed by atoms with Crippen molar-refractivity contribution in [3.8, 4) is 0 Å². The van der Waals surface area contributed by atoms with Crippen LogP contribution in [0.15, 0.2) is 48.5 Å². The van der Waals surface area contributed by atoms with Gasteiger partial charge in [0, 0.05) is 12.2 Å². The van der Waals surface area contributed by atoms with E-state index in [1.807, 2.05) is 38.4 Å². The minimum absolute atomic E-state index is 0.247. The molecule has 27 heavy (non-hydrogen) atoms. The van der Waals surface area contributed by atoms with Crippen LogP contribution in [0.2, 0.25) is 0 Å². The highest BCUT2D eigenvalue weighted by Gasteiger charge is 2.51. The topological polar surface area (TPSA) is 32.3 Å². The van der Waals surface area contributed by atoms with E-state index in [0.29, 0.717) is 24.1 Å². The van der Waals surface area contributed by atoms with Crippen LogP contribution in [0, 0.1) is 0 Å². The summed E-state index contributed by atoms with van der Waals surface area (Å²) in [5.41, 5.74) is 0.680. The number of rotatable bonds is 6. The molecular formula is C21H23F3N2O. The molecule has 3 nitrogen and oxygen atoms in total. The van der Waals surface area contributed by atoms with Crippen molar-refractivity contribution in [3.05, 3.63) is 65.2 Å². The third kappa shape index (κ3) is 4.50. The Morgan fingerprint density at radius 2 is 1.78 bits per heavy atom. The second-order valence-electron chi connectivity index (χ2n) is 7.36. The number of amides is 1. The summed E-state index contributed by atoms with van der Waals surface area (Å²) >= 11 is 0. The molecule has 3 rings (SSSR count). The molecule has 1 aliphatic carbocycles. The molecule has 1 saturated carbocycles. The fourth-order valence-electron chi connectivity index (χ4n) is 3.12. The van der Waals surface area contributed by atoms with Crippen molar-refractivity contribution in [1.29, 1.82) is 0 Å². The first-order valence-corrected chi connectivity index (χ1v) is 8.94. The van der Waals surface area contributed by atoms with Gasteiger partial charge in [-0.05, 0) is 62.7 Å². The smallest absolute Gasteiger partial charge is 0.325 e. The highest BCUT2D eigenvalue weighted by atomic mass is 19.4. The molecule has 1 aliphatic rings. The van der Waals surface area contributed by atoms with Gasteiger partial charge in [0.2, 0.25) is 5.91 Å². The van der Waals surface area contributed by atoms with E-state index < -0.39 is 17.2 Å². The van der Waals surface area contributed by atoms with Gasteiger partial charge in [-0.15, -0.1) is 0 Å². The lowest BCUT2D eigenvalue weighted by atomic mass is 9.93. The zero-order valence-electron chi connectivity index (χ0n) is 15.4. The zero-order valence-corrected chi connectivity index (χ0v) is 15.4. The summed E-state index contributed by atoms with van der Waals surface area (Å²) < 4.78 is 38.9. The summed E-state index contributed by atoms with van der Waals surface area (Å²) in [6, 6.07) is 12.7. The number of hydrogen-bond acceptors (Lipinski definition) is 2. The molecule has 0 unspecified atom stereocenters. The molecule has 0 saturated heterocycles. The van der Waals surface area contributed by atoms with E-state index >= 15 is 0 Å². The summed E-state index contributed by atoms with van der Waals surface area (Å²) in [5, 5.41) is 2.86. The van der Waals surface area contributed by atoms with Crippen LogP contribution in [0.1, 0.15) is 29.5 Å². The second kappa shape index (κ2) is 7.35. The number of nitrogens with zero attached hydrogens (tertiary/aromatic N) is 1. The van der Waals surface area contributed by atoms with E-state index in [9.17, 15) is 18.0 Å². The quantitative estimate of drug-likeness (QED) is 0.806. The number of alkyl halides is 3. The first-order valence-electron chi connectivity index (χ1n) is 8.94. The lowest BCUT2D eigenvalue weighted by Crippen LogP contribution is -2.28. The van der Waals surface area contributed by atoms with Crippen LogP contribution in [0.25, 0.3) is 0 Å². The number of carbonyl (C=O) groups is 1. The number of benzene rings is 2. The van der Waals surface area contributed by atoms with Gasteiger partial charge < -0.3 is 10.2 Å². The fraction of sp³-hybridized carbons (Fsp3) is 0.381. The first-order chi connectivity index (χ1) is 12.7. The van der Waals surface area contributed by atoms with Crippen molar-refractivity contribution in [2.75, 3.05) is 26.0 Å². The summed E-state index contributed by atoms with van der Waals surface area (Å²) in [6.07, 6.45) is -2.39. The second-order valence-corrected chi connectivity index (χ2v) is 7.36. The van der Waals surface area contributed by atoms with Crippen LogP contribution >= 0.6 is 0 Å². The predicted molar refractivity (Wildman–Crippen MR) is 99.7 cm³/mol. The van der Waals surface area contributed by atoms with Crippen LogP contribution in [0.5, 0.6) is 0 Å². The Morgan fingerprint density at radius 1 is 1.11 bits per heavy atom. The van der Waals surface area contributed by atoms with E-state index in [4.69, 9.17) is 0 Å². The highest BCUT2D eigenvalue weighted by molar-refractivity contribution is 6.01. The molecule has 0 atom stereocenters. The molecule has 2 aromatic rings. The molecule has 0 spiro atoms. The van der Waals surface area contributed by atoms with E-state index in [-0.39, 0.29) is 5.91 Å². The molecule has 1 fully saturated rings. The van der Waals surface area contributed by atoms with E-state index in [0.717, 1.165) is 25.1 Å². The molecule has 0 heterocycles. The Bertz CT molecular complexity index is 809. The molecule has 1 N–H and O–H groups in total. The molecule has 0 aromatic heterocycles. The molecule has 0 aliphatic heterocycles. The Hall–Kier alpha value is -2.34. The maximum Gasteiger partial charge on any atom is 0.416 e.